The molecule has 100 valence electrons. The van der Waals surface area contributed by atoms with Crippen LogP contribution >= 0.6 is 0 Å². The molecule has 18 heavy (non-hydrogen) atoms. The van der Waals surface area contributed by atoms with Gasteiger partial charge in [0.05, 0.1) is 12.2 Å². The summed E-state index contributed by atoms with van der Waals surface area (Å²) in [6.45, 7) is 3.68. The first-order valence-electron chi connectivity index (χ1n) is 6.07. The van der Waals surface area contributed by atoms with E-state index in [-0.39, 0.29) is 24.0 Å². The lowest BCUT2D eigenvalue weighted by molar-refractivity contribution is -0.0302. The van der Waals surface area contributed by atoms with Gasteiger partial charge in [-0.3, -0.25) is 14.3 Å². The molecule has 2 heterocycles. The van der Waals surface area contributed by atoms with Crippen molar-refractivity contribution in [3.05, 3.63) is 32.6 Å². The molecule has 0 saturated carbocycles. The van der Waals surface area contributed by atoms with E-state index >= 15 is 0 Å². The molecule has 0 amide bonds. The Morgan fingerprint density at radius 2 is 2.28 bits per heavy atom. The minimum absolute atomic E-state index is 0.0147. The van der Waals surface area contributed by atoms with Crippen molar-refractivity contribution < 1.29 is 9.47 Å². The molecule has 0 aliphatic carbocycles. The smallest absolute Gasteiger partial charge is 0.330 e. The average Bonchev–Trinajstić information content (AvgIpc) is 2.76. The summed E-state index contributed by atoms with van der Waals surface area (Å²) in [5.41, 5.74) is -0.307. The number of ether oxygens (including phenoxy) is 2. The maximum absolute atomic E-state index is 11.8. The van der Waals surface area contributed by atoms with Crippen molar-refractivity contribution in [3.63, 3.8) is 0 Å². The largest absolute Gasteiger partial charge is 0.379 e. The minimum atomic E-state index is -0.442. The molecule has 1 aromatic heterocycles. The number of nitrogens with one attached hydrogen (secondary N) is 1. The third-order valence-electron chi connectivity index (χ3n) is 3.34. The summed E-state index contributed by atoms with van der Waals surface area (Å²) in [6, 6.07) is 0. The van der Waals surface area contributed by atoms with Crippen LogP contribution in [0.25, 0.3) is 0 Å². The number of aromatic amines is 1. The summed E-state index contributed by atoms with van der Waals surface area (Å²) < 4.78 is 12.6. The lowest BCUT2D eigenvalue weighted by Crippen LogP contribution is -2.33. The summed E-state index contributed by atoms with van der Waals surface area (Å²) in [7, 11) is 1.64. The number of methoxy groups -OCH3 is 1. The van der Waals surface area contributed by atoms with E-state index in [2.05, 4.69) is 4.98 Å². The molecule has 2 rings (SSSR count). The topological polar surface area (TPSA) is 73.3 Å². The number of H-pyrrole nitrogens is 1. The summed E-state index contributed by atoms with van der Waals surface area (Å²) in [5.74, 6) is 0. The molecule has 1 fully saturated rings. The number of hydrogen-bond donors (Lipinski definition) is 1. The lowest BCUT2D eigenvalue weighted by Gasteiger charge is -2.15. The normalized spacial score (nSPS) is 27.6. The van der Waals surface area contributed by atoms with Gasteiger partial charge in [-0.2, -0.15) is 0 Å². The second kappa shape index (κ2) is 5.07. The van der Waals surface area contributed by atoms with E-state index in [4.69, 9.17) is 9.47 Å². The molecule has 1 N–H and O–H groups in total. The van der Waals surface area contributed by atoms with Crippen molar-refractivity contribution in [2.75, 3.05) is 7.11 Å². The van der Waals surface area contributed by atoms with Gasteiger partial charge in [0.25, 0.3) is 5.56 Å². The van der Waals surface area contributed by atoms with Crippen molar-refractivity contribution in [2.24, 2.45) is 0 Å². The molecule has 0 spiro atoms. The predicted octanol–water partition coefficient (Wildman–Crippen LogP) is 0.558. The van der Waals surface area contributed by atoms with Crippen molar-refractivity contribution >= 4 is 0 Å². The van der Waals surface area contributed by atoms with E-state index in [1.54, 1.807) is 14.0 Å². The van der Waals surface area contributed by atoms with Crippen LogP contribution < -0.4 is 11.2 Å². The molecule has 1 aromatic rings. The molecule has 6 nitrogen and oxygen atoms in total. The fraction of sp³-hybridized carbons (Fsp3) is 0.667. The van der Waals surface area contributed by atoms with Gasteiger partial charge in [-0.25, -0.2) is 4.79 Å². The fourth-order valence-corrected chi connectivity index (χ4v) is 2.28. The maximum atomic E-state index is 11.8. The molecule has 1 aliphatic heterocycles. The number of aryl methyl sites for hydroxylation is 1. The Morgan fingerprint density at radius 3 is 2.83 bits per heavy atom. The fourth-order valence-electron chi connectivity index (χ4n) is 2.28. The number of rotatable bonds is 3. The van der Waals surface area contributed by atoms with Crippen LogP contribution in [0.1, 0.15) is 31.6 Å². The summed E-state index contributed by atoms with van der Waals surface area (Å²) in [6.07, 6.45) is 2.57. The van der Waals surface area contributed by atoms with Crippen LogP contribution in [0.2, 0.25) is 0 Å². The Hall–Kier alpha value is -1.40. The Morgan fingerprint density at radius 1 is 1.56 bits per heavy atom. The molecule has 0 aromatic carbocycles. The second-order valence-corrected chi connectivity index (χ2v) is 4.53. The van der Waals surface area contributed by atoms with E-state index in [1.165, 1.54) is 10.8 Å². The Balaban J connectivity index is 2.31. The summed E-state index contributed by atoms with van der Waals surface area (Å²) in [5, 5.41) is 0. The zero-order valence-electron chi connectivity index (χ0n) is 10.8. The Kier molecular flexibility index (Phi) is 3.68. The average molecular weight is 254 g/mol. The first-order valence-corrected chi connectivity index (χ1v) is 6.07. The third kappa shape index (κ3) is 2.26. The monoisotopic (exact) mass is 254 g/mol. The third-order valence-corrected chi connectivity index (χ3v) is 3.34. The van der Waals surface area contributed by atoms with Crippen LogP contribution in [0.5, 0.6) is 0 Å². The standard InChI is InChI=1S/C12H18N2O4/c1-4-8-9(17-3)5-10(18-8)14-6-7(2)11(15)13-12(14)16/h6,8-10H,4-5H2,1-3H3,(H,13,15,16)/t8-,9-,10-/m1/s1. The van der Waals surface area contributed by atoms with Gasteiger partial charge < -0.3 is 9.47 Å². The SMILES string of the molecule is CC[C@H]1O[C@@H](n2cc(C)c(=O)[nH]c2=O)C[C@H]1OC. The van der Waals surface area contributed by atoms with Gasteiger partial charge in [0, 0.05) is 25.3 Å². The van der Waals surface area contributed by atoms with E-state index in [1.807, 2.05) is 6.92 Å². The van der Waals surface area contributed by atoms with E-state index in [9.17, 15) is 9.59 Å². The number of hydrogen-bond acceptors (Lipinski definition) is 4. The highest BCUT2D eigenvalue weighted by Crippen LogP contribution is 2.30. The molecule has 3 atom stereocenters. The van der Waals surface area contributed by atoms with Crippen LogP contribution in [-0.2, 0) is 9.47 Å². The van der Waals surface area contributed by atoms with Crippen LogP contribution in [0.3, 0.4) is 0 Å². The molecule has 0 bridgehead atoms. The van der Waals surface area contributed by atoms with Crippen LogP contribution in [0.4, 0.5) is 0 Å². The van der Waals surface area contributed by atoms with Crippen LogP contribution in [0, 0.1) is 6.92 Å². The van der Waals surface area contributed by atoms with Crippen LogP contribution in [-0.4, -0.2) is 28.9 Å². The van der Waals surface area contributed by atoms with Crippen molar-refractivity contribution in [1.29, 1.82) is 0 Å². The van der Waals surface area contributed by atoms with E-state index < -0.39 is 5.69 Å². The summed E-state index contributed by atoms with van der Waals surface area (Å²) in [4.78, 5) is 25.4. The molecule has 1 saturated heterocycles. The lowest BCUT2D eigenvalue weighted by atomic mass is 10.1. The zero-order valence-corrected chi connectivity index (χ0v) is 10.8. The van der Waals surface area contributed by atoms with Crippen molar-refractivity contribution in [2.45, 2.75) is 45.1 Å². The molecule has 0 radical (unpaired) electrons. The first kappa shape index (κ1) is 13.0. The highest BCUT2D eigenvalue weighted by molar-refractivity contribution is 5.02. The van der Waals surface area contributed by atoms with Gasteiger partial charge in [0.15, 0.2) is 0 Å². The van der Waals surface area contributed by atoms with Crippen molar-refractivity contribution in [3.8, 4) is 0 Å². The maximum Gasteiger partial charge on any atom is 0.330 e. The zero-order chi connectivity index (χ0) is 13.3. The first-order chi connectivity index (χ1) is 8.56. The molecular weight excluding hydrogens is 236 g/mol. The van der Waals surface area contributed by atoms with Gasteiger partial charge in [0.1, 0.15) is 6.23 Å². The predicted molar refractivity (Wildman–Crippen MR) is 65.7 cm³/mol. The van der Waals surface area contributed by atoms with Gasteiger partial charge >= 0.3 is 5.69 Å². The van der Waals surface area contributed by atoms with Gasteiger partial charge in [-0.05, 0) is 13.3 Å². The molecular formula is C12H18N2O4. The second-order valence-electron chi connectivity index (χ2n) is 4.53. The van der Waals surface area contributed by atoms with Crippen molar-refractivity contribution in [1.82, 2.24) is 9.55 Å². The number of nitrogens with zero attached hydrogens (tertiary/aromatic N) is 1. The molecule has 0 unspecified atom stereocenters. The van der Waals surface area contributed by atoms with E-state index in [0.717, 1.165) is 6.42 Å². The van der Waals surface area contributed by atoms with Gasteiger partial charge in [-0.1, -0.05) is 6.92 Å². The van der Waals surface area contributed by atoms with E-state index in [0.29, 0.717) is 12.0 Å². The van der Waals surface area contributed by atoms with Gasteiger partial charge in [0.2, 0.25) is 0 Å². The Bertz CT molecular complexity index is 522. The highest BCUT2D eigenvalue weighted by atomic mass is 16.6. The highest BCUT2D eigenvalue weighted by Gasteiger charge is 2.35. The van der Waals surface area contributed by atoms with Crippen LogP contribution in [0.15, 0.2) is 15.8 Å². The summed E-state index contributed by atoms with van der Waals surface area (Å²) >= 11 is 0. The molecule has 6 heteroatoms. The quantitative estimate of drug-likeness (QED) is 0.855. The Labute approximate surface area is 105 Å². The van der Waals surface area contributed by atoms with Gasteiger partial charge in [-0.15, -0.1) is 0 Å². The number of aromatic nitrogens is 2. The minimum Gasteiger partial charge on any atom is -0.379 e. The molecule has 1 aliphatic rings.